The van der Waals surface area contributed by atoms with Crippen LogP contribution in [0.1, 0.15) is 36.6 Å². The van der Waals surface area contributed by atoms with E-state index < -0.39 is 0 Å². The number of nitrogens with one attached hydrogen (secondary N) is 1. The molecule has 1 aromatic carbocycles. The maximum atomic E-state index is 12.0. The van der Waals surface area contributed by atoms with Gasteiger partial charge < -0.3 is 5.32 Å². The van der Waals surface area contributed by atoms with Crippen LogP contribution in [0.4, 0.5) is 5.69 Å². The van der Waals surface area contributed by atoms with Crippen LogP contribution in [0.5, 0.6) is 0 Å². The van der Waals surface area contributed by atoms with Gasteiger partial charge in [0.25, 0.3) is 0 Å². The molecule has 0 saturated carbocycles. The molecule has 2 aromatic rings. The van der Waals surface area contributed by atoms with Crippen LogP contribution in [0.15, 0.2) is 41.8 Å². The minimum atomic E-state index is 0.0539. The smallest absolute Gasteiger partial charge is 0.229 e. The molecule has 3 heteroatoms. The van der Waals surface area contributed by atoms with Gasteiger partial charge in [0.1, 0.15) is 0 Å². The molecule has 0 fully saturated rings. The zero-order chi connectivity index (χ0) is 13.7. The minimum Gasteiger partial charge on any atom is -0.326 e. The number of benzene rings is 1. The Morgan fingerprint density at radius 2 is 2.05 bits per heavy atom. The summed E-state index contributed by atoms with van der Waals surface area (Å²) >= 11 is 1.62. The molecule has 0 saturated heterocycles. The normalized spacial score (nSPS) is 12.1. The van der Waals surface area contributed by atoms with Crippen molar-refractivity contribution in [2.75, 3.05) is 5.32 Å². The Labute approximate surface area is 118 Å². The maximum Gasteiger partial charge on any atom is 0.229 e. The highest BCUT2D eigenvalue weighted by Gasteiger charge is 2.11. The van der Waals surface area contributed by atoms with Crippen LogP contribution >= 0.6 is 11.3 Å². The Kier molecular flexibility index (Phi) is 4.74. The SMILES string of the molecule is CC[C@H](C)c1ccccc1NC(=O)Cc1cccs1. The third-order valence-electron chi connectivity index (χ3n) is 3.29. The van der Waals surface area contributed by atoms with Crippen molar-refractivity contribution in [2.45, 2.75) is 32.6 Å². The predicted molar refractivity (Wildman–Crippen MR) is 81.8 cm³/mol. The van der Waals surface area contributed by atoms with Gasteiger partial charge in [0.2, 0.25) is 5.91 Å². The Hall–Kier alpha value is -1.61. The molecule has 1 atom stereocenters. The van der Waals surface area contributed by atoms with Gasteiger partial charge >= 0.3 is 0 Å². The lowest BCUT2D eigenvalue weighted by Gasteiger charge is -2.15. The Balaban J connectivity index is 2.08. The predicted octanol–water partition coefficient (Wildman–Crippen LogP) is 4.44. The molecular formula is C16H19NOS. The first-order valence-corrected chi connectivity index (χ1v) is 7.49. The van der Waals surface area contributed by atoms with Gasteiger partial charge in [-0.2, -0.15) is 0 Å². The van der Waals surface area contributed by atoms with E-state index in [2.05, 4.69) is 25.2 Å². The summed E-state index contributed by atoms with van der Waals surface area (Å²) in [6.45, 7) is 4.35. The first kappa shape index (κ1) is 13.8. The standard InChI is InChI=1S/C16H19NOS/c1-3-12(2)14-8-4-5-9-15(14)17-16(18)11-13-7-6-10-19-13/h4-10,12H,3,11H2,1-2H3,(H,17,18)/t12-/m0/s1. The van der Waals surface area contributed by atoms with Gasteiger partial charge in [-0.25, -0.2) is 0 Å². The van der Waals surface area contributed by atoms with Crippen LogP contribution in [0.2, 0.25) is 0 Å². The highest BCUT2D eigenvalue weighted by molar-refractivity contribution is 7.10. The fourth-order valence-corrected chi connectivity index (χ4v) is 2.73. The van der Waals surface area contributed by atoms with Gasteiger partial charge in [-0.05, 0) is 35.4 Å². The lowest BCUT2D eigenvalue weighted by Crippen LogP contribution is -2.15. The van der Waals surface area contributed by atoms with Gasteiger partial charge in [-0.15, -0.1) is 11.3 Å². The average molecular weight is 273 g/mol. The summed E-state index contributed by atoms with van der Waals surface area (Å²) in [5, 5.41) is 5.03. The van der Waals surface area contributed by atoms with Crippen LogP contribution in [0.25, 0.3) is 0 Å². The molecule has 1 aromatic heterocycles. The summed E-state index contributed by atoms with van der Waals surface area (Å²) in [7, 11) is 0. The number of rotatable bonds is 5. The summed E-state index contributed by atoms with van der Waals surface area (Å²) in [6.07, 6.45) is 1.52. The summed E-state index contributed by atoms with van der Waals surface area (Å²) in [5.74, 6) is 0.511. The van der Waals surface area contributed by atoms with Crippen molar-refractivity contribution in [1.29, 1.82) is 0 Å². The number of amides is 1. The molecule has 19 heavy (non-hydrogen) atoms. The second kappa shape index (κ2) is 6.53. The zero-order valence-electron chi connectivity index (χ0n) is 11.3. The minimum absolute atomic E-state index is 0.0539. The number of para-hydroxylation sites is 1. The first-order valence-electron chi connectivity index (χ1n) is 6.62. The van der Waals surface area contributed by atoms with E-state index in [0.717, 1.165) is 17.0 Å². The summed E-state index contributed by atoms with van der Waals surface area (Å²) in [5.41, 5.74) is 2.16. The lowest BCUT2D eigenvalue weighted by molar-refractivity contribution is -0.115. The number of hydrogen-bond donors (Lipinski definition) is 1. The second-order valence-electron chi connectivity index (χ2n) is 4.70. The molecule has 0 unspecified atom stereocenters. The number of anilines is 1. The van der Waals surface area contributed by atoms with E-state index in [0.29, 0.717) is 12.3 Å². The summed E-state index contributed by atoms with van der Waals surface area (Å²) in [4.78, 5) is 13.1. The fourth-order valence-electron chi connectivity index (χ4n) is 2.03. The third kappa shape index (κ3) is 3.67. The summed E-state index contributed by atoms with van der Waals surface area (Å²) in [6, 6.07) is 12.0. The van der Waals surface area contributed by atoms with Gasteiger partial charge in [0.05, 0.1) is 6.42 Å². The van der Waals surface area contributed by atoms with E-state index >= 15 is 0 Å². The van der Waals surface area contributed by atoms with Crippen molar-refractivity contribution in [3.8, 4) is 0 Å². The molecule has 0 spiro atoms. The van der Waals surface area contributed by atoms with Crippen LogP contribution in [0, 0.1) is 0 Å². The molecule has 1 amide bonds. The molecule has 0 aliphatic heterocycles. The molecule has 2 nitrogen and oxygen atoms in total. The highest BCUT2D eigenvalue weighted by Crippen LogP contribution is 2.26. The highest BCUT2D eigenvalue weighted by atomic mass is 32.1. The van der Waals surface area contributed by atoms with Gasteiger partial charge in [0.15, 0.2) is 0 Å². The number of carbonyl (C=O) groups excluding carboxylic acids is 1. The molecule has 2 rings (SSSR count). The van der Waals surface area contributed by atoms with Crippen LogP contribution < -0.4 is 5.32 Å². The molecular weight excluding hydrogens is 254 g/mol. The van der Waals surface area contributed by atoms with E-state index in [4.69, 9.17) is 0 Å². The van der Waals surface area contributed by atoms with E-state index in [1.807, 2.05) is 35.7 Å². The lowest BCUT2D eigenvalue weighted by atomic mass is 9.97. The Morgan fingerprint density at radius 3 is 2.74 bits per heavy atom. The molecule has 0 aliphatic rings. The van der Waals surface area contributed by atoms with Gasteiger partial charge in [0, 0.05) is 10.6 Å². The van der Waals surface area contributed by atoms with Crippen molar-refractivity contribution in [2.24, 2.45) is 0 Å². The van der Waals surface area contributed by atoms with Gasteiger partial charge in [-0.1, -0.05) is 38.1 Å². The molecule has 0 bridgehead atoms. The van der Waals surface area contributed by atoms with Crippen molar-refractivity contribution in [3.05, 3.63) is 52.2 Å². The first-order chi connectivity index (χ1) is 9.20. The van der Waals surface area contributed by atoms with Gasteiger partial charge in [-0.3, -0.25) is 4.79 Å². The van der Waals surface area contributed by atoms with Crippen molar-refractivity contribution in [3.63, 3.8) is 0 Å². The monoisotopic (exact) mass is 273 g/mol. The van der Waals surface area contributed by atoms with E-state index in [1.165, 1.54) is 5.56 Å². The van der Waals surface area contributed by atoms with Crippen LogP contribution in [-0.4, -0.2) is 5.91 Å². The number of hydrogen-bond acceptors (Lipinski definition) is 2. The molecule has 1 N–H and O–H groups in total. The number of thiophene rings is 1. The van der Waals surface area contributed by atoms with Crippen LogP contribution in [-0.2, 0) is 11.2 Å². The van der Waals surface area contributed by atoms with E-state index in [9.17, 15) is 4.79 Å². The average Bonchev–Trinajstić information content (AvgIpc) is 2.91. The number of carbonyl (C=O) groups is 1. The fraction of sp³-hybridized carbons (Fsp3) is 0.312. The molecule has 0 aliphatic carbocycles. The third-order valence-corrected chi connectivity index (χ3v) is 4.17. The molecule has 0 radical (unpaired) electrons. The van der Waals surface area contributed by atoms with Crippen LogP contribution in [0.3, 0.4) is 0 Å². The van der Waals surface area contributed by atoms with Crippen molar-refractivity contribution < 1.29 is 4.79 Å². The van der Waals surface area contributed by atoms with E-state index in [-0.39, 0.29) is 5.91 Å². The van der Waals surface area contributed by atoms with Crippen molar-refractivity contribution >= 4 is 22.9 Å². The maximum absolute atomic E-state index is 12.0. The Morgan fingerprint density at radius 1 is 1.26 bits per heavy atom. The van der Waals surface area contributed by atoms with Crippen molar-refractivity contribution in [1.82, 2.24) is 0 Å². The zero-order valence-corrected chi connectivity index (χ0v) is 12.2. The quantitative estimate of drug-likeness (QED) is 0.857. The summed E-state index contributed by atoms with van der Waals surface area (Å²) < 4.78 is 0. The molecule has 1 heterocycles. The Bertz CT molecular complexity index is 533. The largest absolute Gasteiger partial charge is 0.326 e. The van der Waals surface area contributed by atoms with E-state index in [1.54, 1.807) is 11.3 Å². The molecule has 100 valence electrons. The topological polar surface area (TPSA) is 29.1 Å². The second-order valence-corrected chi connectivity index (χ2v) is 5.73.